The average Bonchev–Trinajstić information content (AvgIpc) is 2.82. The van der Waals surface area contributed by atoms with Crippen molar-refractivity contribution in [3.63, 3.8) is 0 Å². The van der Waals surface area contributed by atoms with Gasteiger partial charge in [0, 0.05) is 26.7 Å². The zero-order chi connectivity index (χ0) is 14.7. The molecular formula is C13H18N6O. The van der Waals surface area contributed by atoms with Crippen molar-refractivity contribution in [2.75, 3.05) is 25.1 Å². The number of aryl methyl sites for hydroxylation is 1. The number of benzene rings is 1. The number of nitrogens with two attached hydrogens (primary N) is 1. The molecule has 0 aliphatic carbocycles. The number of nitrogens with zero attached hydrogens (tertiary/aromatic N) is 4. The Hall–Kier alpha value is -2.57. The number of amides is 1. The van der Waals surface area contributed by atoms with Crippen LogP contribution in [-0.2, 0) is 13.6 Å². The Bertz CT molecular complexity index is 619. The molecule has 0 aliphatic heterocycles. The molecule has 7 nitrogen and oxygen atoms in total. The molecule has 1 amide bonds. The van der Waals surface area contributed by atoms with E-state index in [1.54, 1.807) is 38.6 Å². The maximum absolute atomic E-state index is 11.8. The summed E-state index contributed by atoms with van der Waals surface area (Å²) >= 11 is 0. The highest BCUT2D eigenvalue weighted by Gasteiger charge is 2.10. The highest BCUT2D eigenvalue weighted by molar-refractivity contribution is 5.95. The van der Waals surface area contributed by atoms with Gasteiger partial charge in [-0.3, -0.25) is 4.79 Å². The topological polar surface area (TPSA) is 89.1 Å². The predicted octanol–water partition coefficient (Wildman–Crippen LogP) is 0.711. The van der Waals surface area contributed by atoms with E-state index in [1.165, 1.54) is 4.90 Å². The van der Waals surface area contributed by atoms with Crippen LogP contribution in [0.15, 0.2) is 24.5 Å². The molecule has 3 N–H and O–H groups in total. The molecule has 0 fully saturated rings. The number of hydrogen-bond donors (Lipinski definition) is 2. The van der Waals surface area contributed by atoms with Gasteiger partial charge in [0.25, 0.3) is 5.91 Å². The van der Waals surface area contributed by atoms with Gasteiger partial charge in [0.05, 0.1) is 17.9 Å². The SMILES string of the molecule is CN(C)C(=O)c1ccc(NCc2nncn2C)c(N)c1. The molecule has 0 bridgehead atoms. The lowest BCUT2D eigenvalue weighted by atomic mass is 10.1. The number of hydrogen-bond acceptors (Lipinski definition) is 5. The normalized spacial score (nSPS) is 10.3. The Morgan fingerprint density at radius 2 is 2.20 bits per heavy atom. The van der Waals surface area contributed by atoms with Crippen molar-refractivity contribution >= 4 is 17.3 Å². The van der Waals surface area contributed by atoms with E-state index < -0.39 is 0 Å². The van der Waals surface area contributed by atoms with Crippen LogP contribution in [-0.4, -0.2) is 39.7 Å². The van der Waals surface area contributed by atoms with Gasteiger partial charge in [-0.25, -0.2) is 0 Å². The molecule has 0 aliphatic rings. The molecule has 0 unspecified atom stereocenters. The van der Waals surface area contributed by atoms with Crippen LogP contribution in [0.1, 0.15) is 16.2 Å². The van der Waals surface area contributed by atoms with Crippen molar-refractivity contribution in [1.29, 1.82) is 0 Å². The second-order valence-corrected chi connectivity index (χ2v) is 4.71. The smallest absolute Gasteiger partial charge is 0.253 e. The molecule has 0 saturated carbocycles. The summed E-state index contributed by atoms with van der Waals surface area (Å²) in [5.41, 5.74) is 7.82. The van der Waals surface area contributed by atoms with E-state index in [0.29, 0.717) is 17.8 Å². The molecule has 20 heavy (non-hydrogen) atoms. The summed E-state index contributed by atoms with van der Waals surface area (Å²) < 4.78 is 1.83. The molecule has 0 radical (unpaired) electrons. The maximum Gasteiger partial charge on any atom is 0.253 e. The summed E-state index contributed by atoms with van der Waals surface area (Å²) in [5.74, 6) is 0.731. The van der Waals surface area contributed by atoms with Gasteiger partial charge in [-0.2, -0.15) is 0 Å². The third-order valence-corrected chi connectivity index (χ3v) is 2.95. The van der Waals surface area contributed by atoms with Crippen molar-refractivity contribution in [1.82, 2.24) is 19.7 Å². The van der Waals surface area contributed by atoms with Crippen molar-refractivity contribution in [2.24, 2.45) is 7.05 Å². The molecule has 1 aromatic carbocycles. The molecule has 0 atom stereocenters. The van der Waals surface area contributed by atoms with Gasteiger partial charge in [0.15, 0.2) is 5.82 Å². The van der Waals surface area contributed by atoms with Crippen LogP contribution in [0.3, 0.4) is 0 Å². The van der Waals surface area contributed by atoms with E-state index in [1.807, 2.05) is 11.6 Å². The quantitative estimate of drug-likeness (QED) is 0.802. The van der Waals surface area contributed by atoms with Gasteiger partial charge in [-0.1, -0.05) is 0 Å². The summed E-state index contributed by atoms with van der Waals surface area (Å²) in [6, 6.07) is 5.21. The van der Waals surface area contributed by atoms with Crippen molar-refractivity contribution in [3.8, 4) is 0 Å². The van der Waals surface area contributed by atoms with Gasteiger partial charge in [-0.05, 0) is 18.2 Å². The molecule has 1 heterocycles. The minimum atomic E-state index is -0.0726. The summed E-state index contributed by atoms with van der Waals surface area (Å²) in [7, 11) is 5.29. The lowest BCUT2D eigenvalue weighted by molar-refractivity contribution is 0.0827. The highest BCUT2D eigenvalue weighted by atomic mass is 16.2. The third-order valence-electron chi connectivity index (χ3n) is 2.95. The van der Waals surface area contributed by atoms with Crippen LogP contribution in [0, 0.1) is 0 Å². The molecule has 0 spiro atoms. The molecule has 0 saturated heterocycles. The van der Waals surface area contributed by atoms with Crippen molar-refractivity contribution in [3.05, 3.63) is 35.9 Å². The zero-order valence-electron chi connectivity index (χ0n) is 11.8. The van der Waals surface area contributed by atoms with E-state index in [-0.39, 0.29) is 5.91 Å². The number of carbonyl (C=O) groups excluding carboxylic acids is 1. The second kappa shape index (κ2) is 5.60. The van der Waals surface area contributed by atoms with E-state index in [4.69, 9.17) is 5.73 Å². The molecule has 106 valence electrons. The van der Waals surface area contributed by atoms with Crippen molar-refractivity contribution < 1.29 is 4.79 Å². The first-order valence-corrected chi connectivity index (χ1v) is 6.17. The minimum Gasteiger partial charge on any atom is -0.397 e. The number of nitrogen functional groups attached to an aromatic ring is 1. The van der Waals surface area contributed by atoms with Crippen LogP contribution in [0.25, 0.3) is 0 Å². The number of rotatable bonds is 4. The largest absolute Gasteiger partial charge is 0.397 e. The minimum absolute atomic E-state index is 0.0726. The molecule has 1 aromatic heterocycles. The van der Waals surface area contributed by atoms with Crippen LogP contribution in [0.5, 0.6) is 0 Å². The molecular weight excluding hydrogens is 256 g/mol. The number of carbonyl (C=O) groups is 1. The van der Waals surface area contributed by atoms with E-state index in [0.717, 1.165) is 11.5 Å². The average molecular weight is 274 g/mol. The Morgan fingerprint density at radius 3 is 2.75 bits per heavy atom. The fourth-order valence-corrected chi connectivity index (χ4v) is 1.76. The molecule has 2 rings (SSSR count). The van der Waals surface area contributed by atoms with E-state index in [2.05, 4.69) is 15.5 Å². The Kier molecular flexibility index (Phi) is 3.88. The van der Waals surface area contributed by atoms with Crippen molar-refractivity contribution in [2.45, 2.75) is 6.54 Å². The summed E-state index contributed by atoms with van der Waals surface area (Å²) in [4.78, 5) is 13.3. The van der Waals surface area contributed by atoms with Crippen LogP contribution >= 0.6 is 0 Å². The number of aromatic nitrogens is 3. The van der Waals surface area contributed by atoms with Crippen LogP contribution < -0.4 is 11.1 Å². The fourth-order valence-electron chi connectivity index (χ4n) is 1.76. The Morgan fingerprint density at radius 1 is 1.45 bits per heavy atom. The van der Waals surface area contributed by atoms with Gasteiger partial charge in [-0.15, -0.1) is 10.2 Å². The Balaban J connectivity index is 2.10. The van der Waals surface area contributed by atoms with Gasteiger partial charge in [0.2, 0.25) is 0 Å². The van der Waals surface area contributed by atoms with E-state index in [9.17, 15) is 4.79 Å². The van der Waals surface area contributed by atoms with E-state index >= 15 is 0 Å². The molecule has 2 aromatic rings. The first kappa shape index (κ1) is 13.9. The fraction of sp³-hybridized carbons (Fsp3) is 0.308. The zero-order valence-corrected chi connectivity index (χ0v) is 11.8. The first-order chi connectivity index (χ1) is 9.49. The number of nitrogens with one attached hydrogen (secondary N) is 1. The molecule has 7 heteroatoms. The van der Waals surface area contributed by atoms with Crippen LogP contribution in [0.4, 0.5) is 11.4 Å². The lowest BCUT2D eigenvalue weighted by Crippen LogP contribution is -2.21. The van der Waals surface area contributed by atoms with Crippen LogP contribution in [0.2, 0.25) is 0 Å². The lowest BCUT2D eigenvalue weighted by Gasteiger charge is -2.13. The summed E-state index contributed by atoms with van der Waals surface area (Å²) in [6.07, 6.45) is 1.64. The standard InChI is InChI=1S/C13H18N6O/c1-18(2)13(20)9-4-5-11(10(14)6-9)15-7-12-17-16-8-19(12)3/h4-6,8,15H,7,14H2,1-3H3. The summed E-state index contributed by atoms with van der Waals surface area (Å²) in [5, 5.41) is 11.0. The first-order valence-electron chi connectivity index (χ1n) is 6.17. The highest BCUT2D eigenvalue weighted by Crippen LogP contribution is 2.21. The predicted molar refractivity (Wildman–Crippen MR) is 77.2 cm³/mol. The summed E-state index contributed by atoms with van der Waals surface area (Å²) in [6.45, 7) is 0.516. The van der Waals surface area contributed by atoms with Gasteiger partial charge < -0.3 is 20.5 Å². The third kappa shape index (κ3) is 2.87. The monoisotopic (exact) mass is 274 g/mol. The number of anilines is 2. The second-order valence-electron chi connectivity index (χ2n) is 4.71. The van der Waals surface area contributed by atoms with Gasteiger partial charge >= 0.3 is 0 Å². The Labute approximate surface area is 117 Å². The van der Waals surface area contributed by atoms with Gasteiger partial charge in [0.1, 0.15) is 6.33 Å². The maximum atomic E-state index is 11.8.